The normalized spacial score (nSPS) is 12.0. The minimum Gasteiger partial charge on any atom is -0.355 e. The number of nitrogens with one attached hydrogen (secondary N) is 1. The van der Waals surface area contributed by atoms with Crippen molar-refractivity contribution in [1.82, 2.24) is 10.2 Å². The summed E-state index contributed by atoms with van der Waals surface area (Å²) in [5.41, 5.74) is 1.10. The monoisotopic (exact) mass is 579 g/mol. The molecule has 0 fully saturated rings. The van der Waals surface area contributed by atoms with Crippen LogP contribution in [-0.4, -0.2) is 50.5 Å². The summed E-state index contributed by atoms with van der Waals surface area (Å²) < 4.78 is 40.6. The zero-order chi connectivity index (χ0) is 27.9. The molecule has 7 nitrogen and oxygen atoms in total. The minimum atomic E-state index is -4.06. The number of halogens is 3. The fourth-order valence-electron chi connectivity index (χ4n) is 3.93. The van der Waals surface area contributed by atoms with Crippen molar-refractivity contribution in [2.24, 2.45) is 0 Å². The molecule has 1 N–H and O–H groups in total. The van der Waals surface area contributed by atoms with Gasteiger partial charge < -0.3 is 10.2 Å². The fourth-order valence-corrected chi connectivity index (χ4v) is 5.10. The summed E-state index contributed by atoms with van der Waals surface area (Å²) in [6, 6.07) is 18.2. The van der Waals surface area contributed by atoms with E-state index in [4.69, 9.17) is 23.2 Å². The number of rotatable bonds is 11. The molecular formula is C27H28Cl2FN3O4S. The van der Waals surface area contributed by atoms with Gasteiger partial charge in [-0.2, -0.15) is 0 Å². The molecule has 0 aliphatic rings. The topological polar surface area (TPSA) is 86.8 Å². The van der Waals surface area contributed by atoms with Crippen molar-refractivity contribution in [2.75, 3.05) is 23.7 Å². The van der Waals surface area contributed by atoms with Gasteiger partial charge >= 0.3 is 0 Å². The highest BCUT2D eigenvalue weighted by Crippen LogP contribution is 2.26. The number of carbonyl (C=O) groups excluding carboxylic acids is 2. The van der Waals surface area contributed by atoms with Crippen LogP contribution in [0.1, 0.15) is 18.1 Å². The van der Waals surface area contributed by atoms with E-state index in [1.54, 1.807) is 25.1 Å². The first-order valence-corrected chi connectivity index (χ1v) is 14.4. The van der Waals surface area contributed by atoms with Crippen LogP contribution in [0.4, 0.5) is 10.1 Å². The molecule has 3 aromatic carbocycles. The van der Waals surface area contributed by atoms with Crippen LogP contribution >= 0.6 is 23.2 Å². The largest absolute Gasteiger partial charge is 0.355 e. The molecule has 11 heteroatoms. The Kier molecular flexibility index (Phi) is 10.1. The van der Waals surface area contributed by atoms with Crippen molar-refractivity contribution in [1.29, 1.82) is 0 Å². The smallest absolute Gasteiger partial charge is 0.244 e. The van der Waals surface area contributed by atoms with Crippen LogP contribution in [0.5, 0.6) is 0 Å². The Morgan fingerprint density at radius 2 is 1.61 bits per heavy atom. The quantitative estimate of drug-likeness (QED) is 0.357. The summed E-state index contributed by atoms with van der Waals surface area (Å²) in [4.78, 5) is 28.4. The second-order valence-corrected chi connectivity index (χ2v) is 11.3. The third-order valence-corrected chi connectivity index (χ3v) is 7.62. The average molecular weight is 581 g/mol. The highest BCUT2D eigenvalue weighted by atomic mass is 35.5. The van der Waals surface area contributed by atoms with E-state index in [9.17, 15) is 22.4 Å². The van der Waals surface area contributed by atoms with Gasteiger partial charge in [-0.3, -0.25) is 13.9 Å². The molecule has 3 aromatic rings. The molecule has 3 rings (SSSR count). The average Bonchev–Trinajstić information content (AvgIpc) is 2.87. The van der Waals surface area contributed by atoms with E-state index >= 15 is 0 Å². The predicted molar refractivity (Wildman–Crippen MR) is 148 cm³/mol. The van der Waals surface area contributed by atoms with Crippen LogP contribution in [0.25, 0.3) is 0 Å². The summed E-state index contributed by atoms with van der Waals surface area (Å²) in [6.07, 6.45) is 1.06. The van der Waals surface area contributed by atoms with Crippen molar-refractivity contribution in [3.8, 4) is 0 Å². The molecule has 38 heavy (non-hydrogen) atoms. The molecule has 2 amide bonds. The van der Waals surface area contributed by atoms with Crippen molar-refractivity contribution < 1.29 is 22.4 Å². The van der Waals surface area contributed by atoms with Gasteiger partial charge in [-0.1, -0.05) is 71.7 Å². The number of benzene rings is 3. The number of para-hydroxylation sites is 1. The number of anilines is 1. The van der Waals surface area contributed by atoms with Gasteiger partial charge in [0, 0.05) is 19.5 Å². The lowest BCUT2D eigenvalue weighted by molar-refractivity contribution is -0.140. The van der Waals surface area contributed by atoms with E-state index in [0.717, 1.165) is 17.9 Å². The van der Waals surface area contributed by atoms with Crippen LogP contribution < -0.4 is 9.62 Å². The lowest BCUT2D eigenvalue weighted by Crippen LogP contribution is -2.53. The van der Waals surface area contributed by atoms with E-state index in [0.29, 0.717) is 21.4 Å². The maximum absolute atomic E-state index is 14.6. The van der Waals surface area contributed by atoms with E-state index in [1.807, 2.05) is 30.3 Å². The van der Waals surface area contributed by atoms with Crippen LogP contribution in [-0.2, 0) is 32.6 Å². The Balaban J connectivity index is 2.07. The summed E-state index contributed by atoms with van der Waals surface area (Å²) >= 11 is 12.3. The van der Waals surface area contributed by atoms with Crippen LogP contribution in [0.3, 0.4) is 0 Å². The minimum absolute atomic E-state index is 0.0702. The van der Waals surface area contributed by atoms with Gasteiger partial charge in [0.25, 0.3) is 0 Å². The molecule has 0 aliphatic heterocycles. The Labute approximate surface area is 232 Å². The van der Waals surface area contributed by atoms with Crippen LogP contribution in [0.2, 0.25) is 10.0 Å². The van der Waals surface area contributed by atoms with Gasteiger partial charge in [0.15, 0.2) is 0 Å². The molecule has 202 valence electrons. The second kappa shape index (κ2) is 13.1. The highest BCUT2D eigenvalue weighted by Gasteiger charge is 2.33. The molecule has 0 saturated heterocycles. The predicted octanol–water partition coefficient (Wildman–Crippen LogP) is 4.67. The van der Waals surface area contributed by atoms with Crippen molar-refractivity contribution in [3.63, 3.8) is 0 Å². The van der Waals surface area contributed by atoms with E-state index in [-0.39, 0.29) is 23.7 Å². The Hall–Kier alpha value is -3.14. The molecule has 0 spiro atoms. The van der Waals surface area contributed by atoms with Crippen LogP contribution in [0.15, 0.2) is 72.8 Å². The first-order chi connectivity index (χ1) is 18.0. The number of nitrogens with zero attached hydrogens (tertiary/aromatic N) is 2. The molecule has 0 bridgehead atoms. The lowest BCUT2D eigenvalue weighted by Gasteiger charge is -2.33. The Morgan fingerprint density at radius 3 is 2.21 bits per heavy atom. The maximum atomic E-state index is 14.6. The number of hydrogen-bond acceptors (Lipinski definition) is 4. The van der Waals surface area contributed by atoms with E-state index in [1.165, 1.54) is 23.1 Å². The number of hydrogen-bond donors (Lipinski definition) is 1. The SMILES string of the molecule is CCNC(=O)C(Cc1ccccc1)N(Cc1ccc(Cl)c(Cl)c1)C(=O)CN(c1ccccc1F)S(C)(=O)=O. The summed E-state index contributed by atoms with van der Waals surface area (Å²) in [5, 5.41) is 3.34. The number of sulfonamides is 1. The molecule has 0 aromatic heterocycles. The summed E-state index contributed by atoms with van der Waals surface area (Å²) in [6.45, 7) is 1.29. The highest BCUT2D eigenvalue weighted by molar-refractivity contribution is 7.92. The Bertz CT molecular complexity index is 1390. The molecule has 0 aliphatic carbocycles. The number of likely N-dealkylation sites (N-methyl/N-ethyl adjacent to an activating group) is 1. The second-order valence-electron chi connectivity index (χ2n) is 8.59. The molecular weight excluding hydrogens is 552 g/mol. The molecule has 0 radical (unpaired) electrons. The third-order valence-electron chi connectivity index (χ3n) is 5.76. The standard InChI is InChI=1S/C27H28Cl2FN3O4S/c1-3-31-27(35)25(16-19-9-5-4-6-10-19)32(17-20-13-14-21(28)22(29)15-20)26(34)18-33(38(2,36)37)24-12-8-7-11-23(24)30/h4-15,25H,3,16-18H2,1-2H3,(H,31,35). The first-order valence-electron chi connectivity index (χ1n) is 11.8. The van der Waals surface area contributed by atoms with Gasteiger partial charge in [-0.25, -0.2) is 12.8 Å². The molecule has 0 saturated carbocycles. The zero-order valence-corrected chi connectivity index (χ0v) is 23.2. The number of amides is 2. The van der Waals surface area contributed by atoms with E-state index < -0.39 is 40.2 Å². The fraction of sp³-hybridized carbons (Fsp3) is 0.259. The summed E-state index contributed by atoms with van der Waals surface area (Å²) in [5.74, 6) is -1.91. The van der Waals surface area contributed by atoms with Gasteiger partial charge in [0.05, 0.1) is 22.0 Å². The maximum Gasteiger partial charge on any atom is 0.244 e. The molecule has 0 heterocycles. The van der Waals surface area contributed by atoms with Gasteiger partial charge in [-0.05, 0) is 42.3 Å². The molecule has 1 unspecified atom stereocenters. The molecule has 1 atom stereocenters. The summed E-state index contributed by atoms with van der Waals surface area (Å²) in [7, 11) is -4.06. The van der Waals surface area contributed by atoms with Crippen molar-refractivity contribution in [3.05, 3.63) is 99.8 Å². The van der Waals surface area contributed by atoms with Gasteiger partial charge in [0.2, 0.25) is 21.8 Å². The zero-order valence-electron chi connectivity index (χ0n) is 20.9. The third kappa shape index (κ3) is 7.69. The van der Waals surface area contributed by atoms with Crippen molar-refractivity contribution >= 4 is 50.7 Å². The van der Waals surface area contributed by atoms with Crippen LogP contribution in [0, 0.1) is 5.82 Å². The number of carbonyl (C=O) groups is 2. The van der Waals surface area contributed by atoms with E-state index in [2.05, 4.69) is 5.32 Å². The lowest BCUT2D eigenvalue weighted by atomic mass is 10.0. The van der Waals surface area contributed by atoms with Crippen molar-refractivity contribution in [2.45, 2.75) is 25.9 Å². The first kappa shape index (κ1) is 29.4. The van der Waals surface area contributed by atoms with Gasteiger partial charge in [0.1, 0.15) is 18.4 Å². The van der Waals surface area contributed by atoms with Gasteiger partial charge in [-0.15, -0.1) is 0 Å². The Morgan fingerprint density at radius 1 is 0.947 bits per heavy atom.